The van der Waals surface area contributed by atoms with Crippen molar-refractivity contribution < 1.29 is 18.3 Å². The van der Waals surface area contributed by atoms with E-state index < -0.39 is 10.0 Å². The van der Waals surface area contributed by atoms with Crippen molar-refractivity contribution in [1.82, 2.24) is 9.21 Å². The summed E-state index contributed by atoms with van der Waals surface area (Å²) in [6.07, 6.45) is 1.95. The maximum atomic E-state index is 12.8. The minimum Gasteiger partial charge on any atom is -0.507 e. The van der Waals surface area contributed by atoms with Crippen molar-refractivity contribution in [3.8, 4) is 5.75 Å². The fourth-order valence-corrected chi connectivity index (χ4v) is 5.11. The van der Waals surface area contributed by atoms with Crippen molar-refractivity contribution in [2.45, 2.75) is 31.1 Å². The number of rotatable bonds is 6. The first-order valence-electron chi connectivity index (χ1n) is 9.59. The lowest BCUT2D eigenvalue weighted by atomic mass is 10.1. The van der Waals surface area contributed by atoms with Crippen molar-refractivity contribution in [3.63, 3.8) is 0 Å². The van der Waals surface area contributed by atoms with Gasteiger partial charge in [0.15, 0.2) is 0 Å². The van der Waals surface area contributed by atoms with E-state index in [1.54, 1.807) is 17.9 Å². The molecule has 1 aliphatic heterocycles. The maximum Gasteiger partial charge on any atom is 0.246 e. The lowest BCUT2D eigenvalue weighted by Crippen LogP contribution is -2.50. The molecule has 29 heavy (non-hydrogen) atoms. The Morgan fingerprint density at radius 3 is 2.38 bits per heavy atom. The van der Waals surface area contributed by atoms with E-state index in [0.717, 1.165) is 24.0 Å². The summed E-state index contributed by atoms with van der Waals surface area (Å²) in [4.78, 5) is 14.1. The number of halogens is 1. The van der Waals surface area contributed by atoms with Gasteiger partial charge in [0.25, 0.3) is 0 Å². The molecule has 1 amide bonds. The molecule has 0 aromatic heterocycles. The third-order valence-corrected chi connectivity index (χ3v) is 7.27. The molecular weight excluding hydrogens is 412 g/mol. The first-order chi connectivity index (χ1) is 13.8. The average molecular weight is 437 g/mol. The number of carbonyl (C=O) groups excluding carboxylic acids is 1. The lowest BCUT2D eigenvalue weighted by molar-refractivity contribution is -0.132. The Morgan fingerprint density at radius 1 is 1.07 bits per heavy atom. The van der Waals surface area contributed by atoms with Gasteiger partial charge in [0.2, 0.25) is 15.9 Å². The van der Waals surface area contributed by atoms with Crippen LogP contribution in [0.25, 0.3) is 0 Å². The topological polar surface area (TPSA) is 77.9 Å². The molecule has 156 valence electrons. The summed E-state index contributed by atoms with van der Waals surface area (Å²) in [6.45, 7) is 2.92. The van der Waals surface area contributed by atoms with Crippen LogP contribution in [0, 0.1) is 6.92 Å². The van der Waals surface area contributed by atoms with Crippen LogP contribution in [0.4, 0.5) is 0 Å². The highest BCUT2D eigenvalue weighted by atomic mass is 35.5. The molecule has 1 fully saturated rings. The first kappa shape index (κ1) is 21.6. The third kappa shape index (κ3) is 5.29. The Labute approximate surface area is 176 Å². The van der Waals surface area contributed by atoms with Crippen molar-refractivity contribution in [1.29, 1.82) is 0 Å². The van der Waals surface area contributed by atoms with Crippen molar-refractivity contribution in [2.75, 3.05) is 26.2 Å². The highest BCUT2D eigenvalue weighted by Crippen LogP contribution is 2.27. The SMILES string of the molecule is Cc1ccc(O)c(S(=O)(=O)N2CCN(C(=O)CCCc3ccc(Cl)cc3)CC2)c1. The molecule has 6 nitrogen and oxygen atoms in total. The van der Waals surface area contributed by atoms with Crippen molar-refractivity contribution in [3.05, 3.63) is 58.6 Å². The molecule has 0 bridgehead atoms. The second kappa shape index (κ2) is 9.15. The second-order valence-electron chi connectivity index (χ2n) is 7.24. The van der Waals surface area contributed by atoms with E-state index in [9.17, 15) is 18.3 Å². The first-order valence-corrected chi connectivity index (χ1v) is 11.4. The van der Waals surface area contributed by atoms with Crippen LogP contribution in [-0.2, 0) is 21.2 Å². The van der Waals surface area contributed by atoms with Crippen LogP contribution >= 0.6 is 11.6 Å². The molecule has 1 N–H and O–H groups in total. The van der Waals surface area contributed by atoms with Gasteiger partial charge in [-0.25, -0.2) is 8.42 Å². The largest absolute Gasteiger partial charge is 0.507 e. The molecular formula is C21H25ClN2O4S. The highest BCUT2D eigenvalue weighted by molar-refractivity contribution is 7.89. The van der Waals surface area contributed by atoms with E-state index in [4.69, 9.17) is 11.6 Å². The van der Waals surface area contributed by atoms with Crippen LogP contribution in [-0.4, -0.2) is 54.8 Å². The predicted molar refractivity (Wildman–Crippen MR) is 113 cm³/mol. The molecule has 0 saturated carbocycles. The summed E-state index contributed by atoms with van der Waals surface area (Å²) >= 11 is 5.88. The average Bonchev–Trinajstić information content (AvgIpc) is 2.71. The lowest BCUT2D eigenvalue weighted by Gasteiger charge is -2.34. The summed E-state index contributed by atoms with van der Waals surface area (Å²) in [5.41, 5.74) is 1.90. The van der Waals surface area contributed by atoms with Gasteiger partial charge in [-0.3, -0.25) is 4.79 Å². The number of aromatic hydroxyl groups is 1. The molecule has 0 atom stereocenters. The number of hydrogen-bond donors (Lipinski definition) is 1. The monoisotopic (exact) mass is 436 g/mol. The van der Waals surface area contributed by atoms with Crippen LogP contribution in [0.15, 0.2) is 47.4 Å². The number of benzene rings is 2. The summed E-state index contributed by atoms with van der Waals surface area (Å²) in [7, 11) is -3.79. The van der Waals surface area contributed by atoms with Gasteiger partial charge in [-0.1, -0.05) is 29.8 Å². The zero-order chi connectivity index (χ0) is 21.0. The molecule has 1 heterocycles. The van der Waals surface area contributed by atoms with Gasteiger partial charge in [-0.2, -0.15) is 4.31 Å². The minimum atomic E-state index is -3.79. The van der Waals surface area contributed by atoms with Gasteiger partial charge in [0.05, 0.1) is 0 Å². The Hall–Kier alpha value is -2.09. The molecule has 0 unspecified atom stereocenters. The number of amides is 1. The number of phenols is 1. The van der Waals surface area contributed by atoms with E-state index in [1.165, 1.54) is 16.4 Å². The van der Waals surface area contributed by atoms with E-state index in [-0.39, 0.29) is 29.6 Å². The summed E-state index contributed by atoms with van der Waals surface area (Å²) in [5, 5.41) is 10.7. The summed E-state index contributed by atoms with van der Waals surface area (Å²) < 4.78 is 27.0. The molecule has 2 aromatic carbocycles. The van der Waals surface area contributed by atoms with E-state index in [1.807, 2.05) is 24.3 Å². The minimum absolute atomic E-state index is 0.0365. The standard InChI is InChI=1S/C21H25ClN2O4S/c1-16-5-10-19(25)20(15-16)29(27,28)24-13-11-23(12-14-24)21(26)4-2-3-17-6-8-18(22)9-7-17/h5-10,15,25H,2-4,11-14H2,1H3. The number of piperazine rings is 1. The maximum absolute atomic E-state index is 12.8. The van der Waals surface area contributed by atoms with E-state index in [2.05, 4.69) is 0 Å². The predicted octanol–water partition coefficient (Wildman–Crippen LogP) is 3.21. The zero-order valence-corrected chi connectivity index (χ0v) is 17.9. The number of hydrogen-bond acceptors (Lipinski definition) is 4. The number of phenolic OH excluding ortho intramolecular Hbond substituents is 1. The third-order valence-electron chi connectivity index (χ3n) is 5.09. The quantitative estimate of drug-likeness (QED) is 0.754. The molecule has 0 radical (unpaired) electrons. The van der Waals surface area contributed by atoms with Gasteiger partial charge in [0.1, 0.15) is 10.6 Å². The van der Waals surface area contributed by atoms with Crippen LogP contribution in [0.5, 0.6) is 5.75 Å². The molecule has 1 saturated heterocycles. The number of carbonyl (C=O) groups is 1. The zero-order valence-electron chi connectivity index (χ0n) is 16.3. The van der Waals surface area contributed by atoms with Crippen LogP contribution < -0.4 is 0 Å². The fourth-order valence-electron chi connectivity index (χ4n) is 3.40. The summed E-state index contributed by atoms with van der Waals surface area (Å²) in [6, 6.07) is 12.1. The highest BCUT2D eigenvalue weighted by Gasteiger charge is 2.31. The van der Waals surface area contributed by atoms with Gasteiger partial charge in [-0.15, -0.1) is 0 Å². The van der Waals surface area contributed by atoms with Crippen LogP contribution in [0.3, 0.4) is 0 Å². The number of aryl methyl sites for hydroxylation is 2. The Balaban J connectivity index is 1.52. The van der Waals surface area contributed by atoms with Gasteiger partial charge in [0, 0.05) is 37.6 Å². The molecule has 1 aliphatic rings. The van der Waals surface area contributed by atoms with E-state index >= 15 is 0 Å². The second-order valence-corrected chi connectivity index (χ2v) is 9.58. The smallest absolute Gasteiger partial charge is 0.246 e. The molecule has 0 spiro atoms. The van der Waals surface area contributed by atoms with Gasteiger partial charge >= 0.3 is 0 Å². The van der Waals surface area contributed by atoms with Gasteiger partial charge in [-0.05, 0) is 55.2 Å². The van der Waals surface area contributed by atoms with Crippen molar-refractivity contribution >= 4 is 27.5 Å². The Kier molecular flexibility index (Phi) is 6.82. The Bertz CT molecular complexity index is 969. The Morgan fingerprint density at radius 2 is 1.72 bits per heavy atom. The van der Waals surface area contributed by atoms with Gasteiger partial charge < -0.3 is 10.0 Å². The van der Waals surface area contributed by atoms with Crippen molar-refractivity contribution in [2.24, 2.45) is 0 Å². The van der Waals surface area contributed by atoms with Crippen LogP contribution in [0.2, 0.25) is 5.02 Å². The fraction of sp³-hybridized carbons (Fsp3) is 0.381. The molecule has 8 heteroatoms. The molecule has 3 rings (SSSR count). The van der Waals surface area contributed by atoms with E-state index in [0.29, 0.717) is 24.5 Å². The summed E-state index contributed by atoms with van der Waals surface area (Å²) in [5.74, 6) is -0.217. The number of nitrogens with zero attached hydrogens (tertiary/aromatic N) is 2. The normalized spacial score (nSPS) is 15.4. The molecule has 2 aromatic rings. The van der Waals surface area contributed by atoms with Crippen LogP contribution in [0.1, 0.15) is 24.0 Å². The number of sulfonamides is 1. The molecule has 0 aliphatic carbocycles.